The van der Waals surface area contributed by atoms with Crippen molar-refractivity contribution in [2.75, 3.05) is 38.9 Å². The van der Waals surface area contributed by atoms with Crippen LogP contribution in [0.4, 0.5) is 16.3 Å². The smallest absolute Gasteiger partial charge is 0.409 e. The zero-order valence-electron chi connectivity index (χ0n) is 33.9. The van der Waals surface area contributed by atoms with Crippen LogP contribution in [0.5, 0.6) is 5.75 Å². The maximum absolute atomic E-state index is 14.2. The number of allylic oxidation sites excluding steroid dienone is 3. The number of fused-ring (bicyclic) bond motifs is 5. The maximum Gasteiger partial charge on any atom is 0.409 e. The molecule has 3 aromatic rings. The summed E-state index contributed by atoms with van der Waals surface area (Å²) < 4.78 is 22.8. The molecule has 3 heterocycles. The molecule has 2 aromatic carbocycles. The number of nitrogens with one attached hydrogen (secondary N) is 1. The number of esters is 1. The fraction of sp³-hybridized carbons (Fsp3) is 0.452. The number of methoxy groups -OCH3 is 2. The summed E-state index contributed by atoms with van der Waals surface area (Å²) in [5, 5.41) is 26.9. The Kier molecular flexibility index (Phi) is 13.7. The molecule has 0 aliphatic carbocycles. The minimum Gasteiger partial charge on any atom is -0.495 e. The molecule has 1 saturated heterocycles. The van der Waals surface area contributed by atoms with Crippen LogP contribution in [-0.2, 0) is 30.2 Å². The van der Waals surface area contributed by atoms with Gasteiger partial charge >= 0.3 is 12.1 Å². The molecule has 4 bridgehead atoms. The van der Waals surface area contributed by atoms with Crippen molar-refractivity contribution in [2.24, 2.45) is 11.8 Å². The lowest BCUT2D eigenvalue weighted by Crippen LogP contribution is -2.64. The van der Waals surface area contributed by atoms with Crippen LogP contribution >= 0.6 is 11.6 Å². The number of pyridine rings is 1. The Morgan fingerprint density at radius 3 is 2.55 bits per heavy atom. The number of nitrogens with zero attached hydrogens (tertiary/aromatic N) is 3. The predicted molar refractivity (Wildman–Crippen MR) is 218 cm³/mol. The molecule has 2 aliphatic rings. The summed E-state index contributed by atoms with van der Waals surface area (Å²) in [4.78, 5) is 61.5. The molecule has 58 heavy (non-hydrogen) atoms. The van der Waals surface area contributed by atoms with Crippen molar-refractivity contribution in [3.63, 3.8) is 0 Å². The van der Waals surface area contributed by atoms with E-state index in [-0.39, 0.29) is 11.4 Å². The third-order valence-corrected chi connectivity index (χ3v) is 11.5. The van der Waals surface area contributed by atoms with Gasteiger partial charge in [-0.2, -0.15) is 0 Å². The van der Waals surface area contributed by atoms with Crippen molar-refractivity contribution < 1.29 is 48.3 Å². The number of amides is 3. The van der Waals surface area contributed by atoms with Crippen LogP contribution < -0.4 is 20.7 Å². The molecule has 5 rings (SSSR count). The van der Waals surface area contributed by atoms with Crippen LogP contribution in [0.2, 0.25) is 5.02 Å². The number of carbonyl (C=O) groups excluding carboxylic acids is 4. The number of halogens is 1. The molecule has 0 radical (unpaired) electrons. The second-order valence-electron chi connectivity index (χ2n) is 15.1. The Morgan fingerprint density at radius 2 is 1.86 bits per heavy atom. The van der Waals surface area contributed by atoms with Crippen LogP contribution in [0.1, 0.15) is 56.5 Å². The summed E-state index contributed by atoms with van der Waals surface area (Å²) in [6, 6.07) is 10.6. The molecule has 0 saturated carbocycles. The van der Waals surface area contributed by atoms with Crippen molar-refractivity contribution in [2.45, 2.75) is 83.1 Å². The zero-order valence-corrected chi connectivity index (χ0v) is 34.6. The highest BCUT2D eigenvalue weighted by molar-refractivity contribution is 6.35. The Labute approximate surface area is 342 Å². The van der Waals surface area contributed by atoms with Gasteiger partial charge in [0.25, 0.3) is 5.91 Å². The number of hydrogen-bond donors (Lipinski definition) is 4. The minimum absolute atomic E-state index is 0.173. The van der Waals surface area contributed by atoms with E-state index in [2.05, 4.69) is 10.3 Å². The lowest BCUT2D eigenvalue weighted by Gasteiger charge is -2.43. The quantitative estimate of drug-likeness (QED) is 0.248. The van der Waals surface area contributed by atoms with E-state index in [0.717, 1.165) is 11.1 Å². The molecular formula is C42H52ClN5O10. The molecule has 1 aromatic heterocycles. The molecule has 5 N–H and O–H groups in total. The number of alkyl carbamates (subject to hydrolysis) is 1. The normalized spacial score (nSPS) is 27.7. The van der Waals surface area contributed by atoms with Crippen LogP contribution in [-0.4, -0.2) is 108 Å². The molecular weight excluding hydrogens is 770 g/mol. The van der Waals surface area contributed by atoms with E-state index in [9.17, 15) is 29.4 Å². The standard InChI is InChI=1S/C42H52ClN5O10/c1-22-10-9-11-34(56-8)42(54)21-33(58-41(53)46-42)24(3)38(50)23(2)31(20-36(49)48(6)30-17-26(16-22)18-32(55-7)37(30)43)57-40(52)25(4)47(5)39(51)28-12-14-29-27(19-28)13-15-35(44)45-29/h9-15,17-19,23-25,31,33-34,38,50,54H,16,20-21H2,1-8H3,(H2,44,45)(H,46,53)/b11-9+,22-10+/t23-,24-,25+,31+,33+,34-,38-,42+/m1/s1. The fourth-order valence-electron chi connectivity index (χ4n) is 7.25. The molecule has 16 heteroatoms. The van der Waals surface area contributed by atoms with Crippen molar-refractivity contribution in [3.8, 4) is 5.75 Å². The van der Waals surface area contributed by atoms with Gasteiger partial charge in [0.15, 0.2) is 5.72 Å². The highest BCUT2D eigenvalue weighted by atomic mass is 35.5. The number of likely N-dealkylation sites (N-methyl/N-ethyl adjacent to an activating group) is 1. The number of nitrogens with two attached hydrogens (primary N) is 1. The van der Waals surface area contributed by atoms with Crippen LogP contribution in [0.25, 0.3) is 10.9 Å². The molecule has 3 amide bonds. The molecule has 0 spiro atoms. The fourth-order valence-corrected chi connectivity index (χ4v) is 7.56. The summed E-state index contributed by atoms with van der Waals surface area (Å²) in [7, 11) is 5.85. The average molecular weight is 822 g/mol. The van der Waals surface area contributed by atoms with Crippen LogP contribution in [0.3, 0.4) is 0 Å². The molecule has 8 atom stereocenters. The largest absolute Gasteiger partial charge is 0.495 e. The predicted octanol–water partition coefficient (Wildman–Crippen LogP) is 4.80. The van der Waals surface area contributed by atoms with Crippen molar-refractivity contribution in [3.05, 3.63) is 82.4 Å². The zero-order chi connectivity index (χ0) is 42.6. The van der Waals surface area contributed by atoms with Gasteiger partial charge in [-0.3, -0.25) is 14.9 Å². The van der Waals surface area contributed by atoms with Gasteiger partial charge in [-0.1, -0.05) is 49.2 Å². The second kappa shape index (κ2) is 18.1. The Balaban J connectivity index is 1.50. The second-order valence-corrected chi connectivity index (χ2v) is 15.5. The van der Waals surface area contributed by atoms with E-state index in [4.69, 9.17) is 36.3 Å². The lowest BCUT2D eigenvalue weighted by atomic mass is 9.81. The van der Waals surface area contributed by atoms with Gasteiger partial charge in [0.2, 0.25) is 5.91 Å². The highest BCUT2D eigenvalue weighted by Crippen LogP contribution is 2.38. The van der Waals surface area contributed by atoms with Gasteiger partial charge < -0.3 is 44.7 Å². The van der Waals surface area contributed by atoms with Crippen LogP contribution in [0.15, 0.2) is 66.3 Å². The maximum atomic E-state index is 14.2. The number of benzene rings is 2. The van der Waals surface area contributed by atoms with E-state index in [1.807, 2.05) is 13.0 Å². The Bertz CT molecular complexity index is 2110. The van der Waals surface area contributed by atoms with Crippen LogP contribution in [0, 0.1) is 11.8 Å². The van der Waals surface area contributed by atoms with E-state index in [1.54, 1.807) is 68.5 Å². The van der Waals surface area contributed by atoms with Crippen molar-refractivity contribution >= 4 is 57.9 Å². The number of rotatable bonds is 6. The van der Waals surface area contributed by atoms with Gasteiger partial charge in [-0.05, 0) is 68.3 Å². The third-order valence-electron chi connectivity index (χ3n) is 11.1. The molecule has 2 aliphatic heterocycles. The number of anilines is 2. The SMILES string of the molecule is COc1cc2cc(c1Cl)N(C)C(=O)C[C@H](OC(=O)[C@H](C)N(C)C(=O)c1ccc3nc(N)ccc3c1)[C@@H](C)[C@@H](O)[C@H](C)[C@@H]1C[C@@](O)(NC(=O)O1)[C@H](OC)/C=C/C=C(\C)C2. The number of carbonyl (C=O) groups is 4. The van der Waals surface area contributed by atoms with Gasteiger partial charge in [0.1, 0.15) is 40.9 Å². The summed E-state index contributed by atoms with van der Waals surface area (Å²) in [6.45, 7) is 6.63. The first kappa shape index (κ1) is 43.9. The highest BCUT2D eigenvalue weighted by Gasteiger charge is 2.48. The minimum atomic E-state index is -1.92. The number of aromatic nitrogens is 1. The van der Waals surface area contributed by atoms with Gasteiger partial charge in [0.05, 0.1) is 30.8 Å². The Hall–Kier alpha value is -5.22. The van der Waals surface area contributed by atoms with Crippen molar-refractivity contribution in [1.82, 2.24) is 15.2 Å². The monoisotopic (exact) mass is 821 g/mol. The molecule has 0 unspecified atom stereocenters. The summed E-state index contributed by atoms with van der Waals surface area (Å²) in [5.74, 6) is -2.94. The molecule has 1 fully saturated rings. The number of hydrogen-bond acceptors (Lipinski definition) is 12. The Morgan fingerprint density at radius 1 is 1.14 bits per heavy atom. The number of aliphatic hydroxyl groups excluding tert-OH is 1. The molecule has 312 valence electrons. The topological polar surface area (TPSA) is 203 Å². The first-order valence-electron chi connectivity index (χ1n) is 18.9. The summed E-state index contributed by atoms with van der Waals surface area (Å²) in [5.41, 5.74) is 6.79. The summed E-state index contributed by atoms with van der Waals surface area (Å²) >= 11 is 6.76. The van der Waals surface area contributed by atoms with E-state index in [0.29, 0.717) is 40.1 Å². The number of aliphatic hydroxyl groups is 2. The van der Waals surface area contributed by atoms with Gasteiger partial charge in [-0.25, -0.2) is 14.6 Å². The van der Waals surface area contributed by atoms with Crippen molar-refractivity contribution in [1.29, 1.82) is 0 Å². The van der Waals surface area contributed by atoms with E-state index < -0.39 is 78.3 Å². The molecule has 15 nitrogen and oxygen atoms in total. The van der Waals surface area contributed by atoms with Gasteiger partial charge in [0, 0.05) is 50.4 Å². The average Bonchev–Trinajstić information content (AvgIpc) is 3.19. The summed E-state index contributed by atoms with van der Waals surface area (Å²) in [6.07, 6.45) is -0.579. The lowest BCUT2D eigenvalue weighted by molar-refractivity contribution is -0.165. The van der Waals surface area contributed by atoms with Gasteiger partial charge in [-0.15, -0.1) is 0 Å². The first-order valence-corrected chi connectivity index (χ1v) is 19.3. The first-order chi connectivity index (χ1) is 27.4. The number of nitrogen functional groups attached to an aromatic ring is 1. The third kappa shape index (κ3) is 9.55. The number of ether oxygens (including phenoxy) is 4. The van der Waals surface area contributed by atoms with E-state index >= 15 is 0 Å². The van der Waals surface area contributed by atoms with E-state index in [1.165, 1.54) is 45.0 Å².